The quantitative estimate of drug-likeness (QED) is 0.424. The number of Topliss-reactive ketones (excluding diaryl/α,β-unsaturated/α-hetero) is 1. The van der Waals surface area contributed by atoms with Crippen molar-refractivity contribution in [2.75, 3.05) is 13.7 Å². The first-order valence-electron chi connectivity index (χ1n) is 3.60. The molecular formula is C7H10N2O3. The van der Waals surface area contributed by atoms with Crippen molar-refractivity contribution >= 4 is 17.6 Å². The summed E-state index contributed by atoms with van der Waals surface area (Å²) in [5, 5.41) is 2.66. The third-order valence-electron chi connectivity index (χ3n) is 1.75. The van der Waals surface area contributed by atoms with Crippen molar-refractivity contribution in [3.05, 3.63) is 0 Å². The van der Waals surface area contributed by atoms with Gasteiger partial charge in [0.1, 0.15) is 0 Å². The van der Waals surface area contributed by atoms with Crippen LogP contribution in [-0.4, -0.2) is 36.2 Å². The van der Waals surface area contributed by atoms with Crippen LogP contribution in [0.1, 0.15) is 6.92 Å². The minimum absolute atomic E-state index is 0.182. The molecule has 0 atom stereocenters. The van der Waals surface area contributed by atoms with Gasteiger partial charge in [0.25, 0.3) is 0 Å². The first kappa shape index (κ1) is 8.86. The van der Waals surface area contributed by atoms with Gasteiger partial charge in [-0.25, -0.2) is 0 Å². The number of nitrogens with one attached hydrogen (secondary N) is 1. The smallest absolute Gasteiger partial charge is 0.250 e. The van der Waals surface area contributed by atoms with Crippen molar-refractivity contribution in [3.63, 3.8) is 0 Å². The lowest BCUT2D eigenvalue weighted by atomic mass is 9.94. The number of ketones is 1. The molecule has 0 spiro atoms. The molecule has 1 fully saturated rings. The first-order valence-corrected chi connectivity index (χ1v) is 3.60. The number of nitrogens with zero attached hydrogens (tertiary/aromatic N) is 1. The second-order valence-electron chi connectivity index (χ2n) is 2.66. The van der Waals surface area contributed by atoms with Crippen LogP contribution < -0.4 is 5.32 Å². The Morgan fingerprint density at radius 3 is 2.33 bits per heavy atom. The molecule has 66 valence electrons. The number of amides is 2. The lowest BCUT2D eigenvalue weighted by molar-refractivity contribution is -0.167. The average Bonchev–Trinajstić information content (AvgIpc) is 2.00. The maximum absolute atomic E-state index is 11.0. The van der Waals surface area contributed by atoms with Crippen molar-refractivity contribution in [3.8, 4) is 0 Å². The standard InChI is InChI=1S/C7H10N2O3/c1-4(10)5-6(11)9(3-8-2)7(5)12/h5,8H,3H2,1-2H3. The third kappa shape index (κ3) is 1.12. The van der Waals surface area contributed by atoms with Gasteiger partial charge in [0.2, 0.25) is 11.8 Å². The molecule has 1 aliphatic rings. The van der Waals surface area contributed by atoms with E-state index >= 15 is 0 Å². The highest BCUT2D eigenvalue weighted by molar-refractivity contribution is 6.29. The van der Waals surface area contributed by atoms with Crippen LogP contribution in [0.15, 0.2) is 0 Å². The summed E-state index contributed by atoms with van der Waals surface area (Å²) in [4.78, 5) is 33.8. The normalized spacial score (nSPS) is 18.0. The molecule has 5 heteroatoms. The number of hydrogen-bond acceptors (Lipinski definition) is 4. The van der Waals surface area contributed by atoms with Crippen molar-refractivity contribution < 1.29 is 14.4 Å². The van der Waals surface area contributed by atoms with Crippen LogP contribution in [0, 0.1) is 5.92 Å². The monoisotopic (exact) mass is 170 g/mol. The van der Waals surface area contributed by atoms with E-state index in [1.54, 1.807) is 7.05 Å². The molecule has 0 saturated carbocycles. The Hall–Kier alpha value is -1.23. The zero-order valence-electron chi connectivity index (χ0n) is 6.96. The Kier molecular flexibility index (Phi) is 2.23. The van der Waals surface area contributed by atoms with E-state index in [1.165, 1.54) is 6.92 Å². The molecular weight excluding hydrogens is 160 g/mol. The summed E-state index contributed by atoms with van der Waals surface area (Å²) in [6.45, 7) is 1.43. The maximum Gasteiger partial charge on any atom is 0.250 e. The van der Waals surface area contributed by atoms with Crippen molar-refractivity contribution in [1.29, 1.82) is 0 Å². The van der Waals surface area contributed by atoms with Crippen LogP contribution in [0.5, 0.6) is 0 Å². The number of carbonyl (C=O) groups is 3. The van der Waals surface area contributed by atoms with E-state index in [9.17, 15) is 14.4 Å². The summed E-state index contributed by atoms with van der Waals surface area (Å²) in [7, 11) is 1.63. The van der Waals surface area contributed by atoms with Crippen molar-refractivity contribution in [2.45, 2.75) is 6.92 Å². The Labute approximate surface area is 69.7 Å². The molecule has 0 aromatic carbocycles. The fourth-order valence-electron chi connectivity index (χ4n) is 1.12. The zero-order valence-corrected chi connectivity index (χ0v) is 6.96. The van der Waals surface area contributed by atoms with Gasteiger partial charge in [-0.15, -0.1) is 0 Å². The molecule has 2 amide bonds. The highest BCUT2D eigenvalue weighted by Gasteiger charge is 2.48. The van der Waals surface area contributed by atoms with E-state index in [1.807, 2.05) is 0 Å². The zero-order chi connectivity index (χ0) is 9.30. The molecule has 0 aromatic heterocycles. The molecule has 12 heavy (non-hydrogen) atoms. The van der Waals surface area contributed by atoms with Crippen molar-refractivity contribution in [2.24, 2.45) is 5.92 Å². The fourth-order valence-corrected chi connectivity index (χ4v) is 1.12. The van der Waals surface area contributed by atoms with Crippen LogP contribution in [0.25, 0.3) is 0 Å². The highest BCUT2D eigenvalue weighted by Crippen LogP contribution is 2.19. The Morgan fingerprint density at radius 1 is 1.50 bits per heavy atom. The van der Waals surface area contributed by atoms with Gasteiger partial charge < -0.3 is 5.32 Å². The van der Waals surface area contributed by atoms with Gasteiger partial charge in [-0.3, -0.25) is 19.3 Å². The molecule has 0 bridgehead atoms. The summed E-state index contributed by atoms with van der Waals surface area (Å²) in [6.07, 6.45) is 0. The summed E-state index contributed by atoms with van der Waals surface area (Å²) in [5.74, 6) is -2.21. The van der Waals surface area contributed by atoms with Gasteiger partial charge in [-0.1, -0.05) is 0 Å². The topological polar surface area (TPSA) is 66.5 Å². The minimum atomic E-state index is -1.03. The molecule has 0 aliphatic carbocycles. The molecule has 1 N–H and O–H groups in total. The molecule has 0 unspecified atom stereocenters. The van der Waals surface area contributed by atoms with E-state index in [2.05, 4.69) is 5.32 Å². The molecule has 1 aliphatic heterocycles. The SMILES string of the molecule is CNCN1C(=O)C(C(C)=O)C1=O. The maximum atomic E-state index is 11.0. The highest BCUT2D eigenvalue weighted by atomic mass is 16.2. The third-order valence-corrected chi connectivity index (χ3v) is 1.75. The second kappa shape index (κ2) is 3.02. The summed E-state index contributed by atoms with van der Waals surface area (Å²) < 4.78 is 0. The van der Waals surface area contributed by atoms with Gasteiger partial charge in [0.05, 0.1) is 6.67 Å². The number of imide groups is 1. The number of likely N-dealkylation sites (tertiary alicyclic amines) is 1. The van der Waals surface area contributed by atoms with Crippen LogP contribution in [0.3, 0.4) is 0 Å². The summed E-state index contributed by atoms with van der Waals surface area (Å²) in [5.41, 5.74) is 0. The molecule has 1 saturated heterocycles. The Balaban J connectivity index is 2.63. The number of carbonyl (C=O) groups excluding carboxylic acids is 3. The second-order valence-corrected chi connectivity index (χ2v) is 2.66. The first-order chi connectivity index (χ1) is 5.59. The minimum Gasteiger partial charge on any atom is -0.302 e. The fraction of sp³-hybridized carbons (Fsp3) is 0.571. The Morgan fingerprint density at radius 2 is 2.00 bits per heavy atom. The van der Waals surface area contributed by atoms with Crippen LogP contribution in [-0.2, 0) is 14.4 Å². The van der Waals surface area contributed by atoms with E-state index < -0.39 is 17.7 Å². The number of rotatable bonds is 3. The van der Waals surface area contributed by atoms with Gasteiger partial charge in [0, 0.05) is 0 Å². The average molecular weight is 170 g/mol. The summed E-state index contributed by atoms with van der Waals surface area (Å²) in [6, 6.07) is 0. The van der Waals surface area contributed by atoms with E-state index in [4.69, 9.17) is 0 Å². The van der Waals surface area contributed by atoms with Gasteiger partial charge in [0.15, 0.2) is 11.7 Å². The van der Waals surface area contributed by atoms with Crippen LogP contribution >= 0.6 is 0 Å². The largest absolute Gasteiger partial charge is 0.302 e. The predicted molar refractivity (Wildman–Crippen MR) is 40.0 cm³/mol. The van der Waals surface area contributed by atoms with Crippen LogP contribution in [0.4, 0.5) is 0 Å². The van der Waals surface area contributed by atoms with E-state index in [-0.39, 0.29) is 12.5 Å². The molecule has 1 heterocycles. The van der Waals surface area contributed by atoms with Gasteiger partial charge >= 0.3 is 0 Å². The number of hydrogen-bond donors (Lipinski definition) is 1. The molecule has 5 nitrogen and oxygen atoms in total. The van der Waals surface area contributed by atoms with Crippen LogP contribution in [0.2, 0.25) is 0 Å². The van der Waals surface area contributed by atoms with Crippen molar-refractivity contribution in [1.82, 2.24) is 10.2 Å². The number of β-lactam (4-membered cyclic amide) rings is 2. The summed E-state index contributed by atoms with van der Waals surface area (Å²) >= 11 is 0. The van der Waals surface area contributed by atoms with Gasteiger partial charge in [-0.05, 0) is 14.0 Å². The van der Waals surface area contributed by atoms with E-state index in [0.717, 1.165) is 4.90 Å². The lowest BCUT2D eigenvalue weighted by Gasteiger charge is -2.33. The molecule has 0 aromatic rings. The molecule has 0 radical (unpaired) electrons. The molecule has 1 rings (SSSR count). The Bertz CT molecular complexity index is 233. The van der Waals surface area contributed by atoms with Gasteiger partial charge in [-0.2, -0.15) is 0 Å². The van der Waals surface area contributed by atoms with E-state index in [0.29, 0.717) is 0 Å². The lowest BCUT2D eigenvalue weighted by Crippen LogP contribution is -2.61. The predicted octanol–water partition coefficient (Wildman–Crippen LogP) is -1.26.